The first-order chi connectivity index (χ1) is 11.1. The molecule has 3 aromatic heterocycles. The highest BCUT2D eigenvalue weighted by Gasteiger charge is 2.16. The Kier molecular flexibility index (Phi) is 3.10. The molecule has 0 aliphatic rings. The normalized spacial score (nSPS) is 11.0. The molecule has 22 heavy (non-hydrogen) atoms. The van der Waals surface area contributed by atoms with Gasteiger partial charge in [0.25, 0.3) is 0 Å². The van der Waals surface area contributed by atoms with E-state index in [1.165, 1.54) is 25.5 Å². The first kappa shape index (κ1) is 12.3. The van der Waals surface area contributed by atoms with Crippen LogP contribution in [0.15, 0.2) is 29.3 Å². The summed E-state index contributed by atoms with van der Waals surface area (Å²) in [5.41, 5.74) is 0.554. The average Bonchev–Trinajstić information content (AvgIpc) is 3.11. The second-order valence-electron chi connectivity index (χ2n) is 4.26. The van der Waals surface area contributed by atoms with Crippen molar-refractivity contribution in [1.29, 1.82) is 0 Å². The Morgan fingerprint density at radius 2 is 2.36 bits per heavy atom. The summed E-state index contributed by atoms with van der Waals surface area (Å²) in [5, 5.41) is 12.1. The fraction of sp³-hybridized carbons (Fsp3) is 0.154. The fourth-order valence-corrected chi connectivity index (χ4v) is 1.83. The smallest absolute Gasteiger partial charge is 0.369 e. The summed E-state index contributed by atoms with van der Waals surface area (Å²) in [6.45, 7) is 0.0166. The summed E-state index contributed by atoms with van der Waals surface area (Å²) < 4.78 is 14.9. The van der Waals surface area contributed by atoms with Crippen LogP contribution in [0.4, 0.5) is 0 Å². The molecule has 0 spiro atoms. The molecule has 0 fully saturated rings. The molecule has 3 aromatic rings. The van der Waals surface area contributed by atoms with E-state index in [1.807, 2.05) is 0 Å². The number of nitrogens with one attached hydrogen (secondary N) is 1. The largest absolute Gasteiger partial charge is 0.472 e. The molecule has 0 aliphatic heterocycles. The van der Waals surface area contributed by atoms with Gasteiger partial charge in [0.15, 0.2) is 7.23 Å². The van der Waals surface area contributed by atoms with Crippen molar-refractivity contribution in [3.05, 3.63) is 46.1 Å². The molecular weight excluding hydrogens is 286 g/mol. The van der Waals surface area contributed by atoms with Gasteiger partial charge in [0.2, 0.25) is 5.88 Å². The van der Waals surface area contributed by atoms with E-state index in [-0.39, 0.29) is 18.3 Å². The van der Waals surface area contributed by atoms with Gasteiger partial charge in [0.05, 0.1) is 5.56 Å². The fourth-order valence-electron chi connectivity index (χ4n) is 1.83. The van der Waals surface area contributed by atoms with E-state index in [0.29, 0.717) is 11.1 Å². The highest BCUT2D eigenvalue weighted by Crippen LogP contribution is 2.16. The predicted octanol–water partition coefficient (Wildman–Crippen LogP) is -0.356. The lowest BCUT2D eigenvalue weighted by atomic mass is 10.1. The van der Waals surface area contributed by atoms with Crippen LogP contribution < -0.4 is 10.4 Å². The predicted molar refractivity (Wildman–Crippen MR) is 75.2 cm³/mol. The molecule has 9 nitrogen and oxygen atoms in total. The van der Waals surface area contributed by atoms with E-state index in [1.54, 1.807) is 6.07 Å². The zero-order chi connectivity index (χ0) is 16.4. The minimum absolute atomic E-state index is 0.0166. The second-order valence-corrected chi connectivity index (χ2v) is 4.26. The Labute approximate surface area is 126 Å². The van der Waals surface area contributed by atoms with Gasteiger partial charge < -0.3 is 4.74 Å². The van der Waals surface area contributed by atoms with E-state index < -0.39 is 5.69 Å². The van der Waals surface area contributed by atoms with E-state index in [9.17, 15) is 4.79 Å². The van der Waals surface area contributed by atoms with Gasteiger partial charge in [-0.05, 0) is 16.5 Å². The van der Waals surface area contributed by atoms with Crippen LogP contribution >= 0.6 is 0 Å². The summed E-state index contributed by atoms with van der Waals surface area (Å²) in [6.07, 6.45) is 8.41. The SMILES string of the molecule is [3H]n1ccc(OCc2c(C#C)ccnc2-n2nnn(C)c2=O)n1. The van der Waals surface area contributed by atoms with Crippen LogP contribution in [0.25, 0.3) is 5.82 Å². The molecule has 0 saturated carbocycles. The van der Waals surface area contributed by atoms with Crippen LogP contribution in [0.5, 0.6) is 5.88 Å². The Balaban J connectivity index is 2.02. The summed E-state index contributed by atoms with van der Waals surface area (Å²) in [4.78, 5) is 16.2. The summed E-state index contributed by atoms with van der Waals surface area (Å²) in [6, 6.07) is 3.17. The van der Waals surface area contributed by atoms with Crippen LogP contribution in [0, 0.1) is 12.3 Å². The standard InChI is InChI=1S/C13H11N7O2/c1-3-9-4-6-14-12(20-13(21)19(2)17-18-20)10(9)8-22-11-5-7-15-16-11/h1,4-7H,8H2,2H3,(H,15,16)/i/hT. The molecule has 3 heterocycles. The van der Waals surface area contributed by atoms with Crippen LogP contribution in [0.2, 0.25) is 1.41 Å². The quantitative estimate of drug-likeness (QED) is 0.660. The number of aromatic amines is 1. The number of hydrogen-bond donors (Lipinski definition) is 1. The first-order valence-electron chi connectivity index (χ1n) is 6.66. The minimum atomic E-state index is -0.455. The molecule has 0 unspecified atom stereocenters. The maximum Gasteiger partial charge on any atom is 0.369 e. The van der Waals surface area contributed by atoms with Gasteiger partial charge in [-0.3, -0.25) is 5.09 Å². The number of tetrazole rings is 1. The van der Waals surface area contributed by atoms with Crippen molar-refractivity contribution in [2.45, 2.75) is 6.61 Å². The van der Waals surface area contributed by atoms with Crippen LogP contribution in [0.1, 0.15) is 11.1 Å². The van der Waals surface area contributed by atoms with Crippen molar-refractivity contribution in [1.82, 2.24) is 35.0 Å². The molecule has 110 valence electrons. The van der Waals surface area contributed by atoms with Gasteiger partial charge >= 0.3 is 5.69 Å². The highest BCUT2D eigenvalue weighted by atomic mass is 16.5. The van der Waals surface area contributed by atoms with Gasteiger partial charge in [0, 0.05) is 31.1 Å². The molecule has 0 radical (unpaired) electrons. The number of pyridine rings is 1. The van der Waals surface area contributed by atoms with Gasteiger partial charge in [-0.25, -0.2) is 9.78 Å². The molecule has 0 bridgehead atoms. The van der Waals surface area contributed by atoms with E-state index >= 15 is 0 Å². The molecule has 0 aliphatic carbocycles. The third-order valence-corrected chi connectivity index (χ3v) is 2.92. The molecule has 0 aromatic carbocycles. The maximum atomic E-state index is 12.0. The van der Waals surface area contributed by atoms with Crippen LogP contribution in [0.3, 0.4) is 0 Å². The van der Waals surface area contributed by atoms with Gasteiger partial charge in [-0.15, -0.1) is 16.2 Å². The Hall–Kier alpha value is -3.41. The van der Waals surface area contributed by atoms with Crippen LogP contribution in [-0.2, 0) is 13.7 Å². The highest BCUT2D eigenvalue weighted by molar-refractivity contribution is 5.47. The molecule has 0 saturated heterocycles. The van der Waals surface area contributed by atoms with E-state index in [4.69, 9.17) is 12.6 Å². The van der Waals surface area contributed by atoms with Crippen molar-refractivity contribution in [2.75, 3.05) is 0 Å². The first-order valence-corrected chi connectivity index (χ1v) is 6.21. The molecular formula is C13H11N7O2. The number of rotatable bonds is 4. The maximum absolute atomic E-state index is 12.0. The van der Waals surface area contributed by atoms with Crippen molar-refractivity contribution in [3.8, 4) is 24.0 Å². The van der Waals surface area contributed by atoms with Crippen molar-refractivity contribution >= 4 is 0 Å². The Morgan fingerprint density at radius 1 is 1.50 bits per heavy atom. The number of ether oxygens (including phenoxy) is 1. The Bertz CT molecular complexity index is 950. The third kappa shape index (κ3) is 2.33. The molecule has 0 atom stereocenters. The summed E-state index contributed by atoms with van der Waals surface area (Å²) in [5.74, 6) is 3.01. The number of H-pyrrole nitrogens is 1. The Morgan fingerprint density at radius 3 is 3.00 bits per heavy atom. The molecule has 9 heteroatoms. The topological polar surface area (TPSA) is 104 Å². The second kappa shape index (κ2) is 5.53. The number of aromatic nitrogens is 7. The van der Waals surface area contributed by atoms with E-state index in [2.05, 4.69) is 26.4 Å². The number of hydrogen-bond acceptors (Lipinski definition) is 6. The molecule has 3 rings (SSSR count). The van der Waals surface area contributed by atoms with Gasteiger partial charge in [-0.1, -0.05) is 5.92 Å². The molecule has 1 N–H and O–H groups in total. The lowest BCUT2D eigenvalue weighted by Gasteiger charge is -2.09. The number of nitrogens with zero attached hydrogens (tertiary/aromatic N) is 6. The van der Waals surface area contributed by atoms with Crippen molar-refractivity contribution < 1.29 is 6.15 Å². The summed E-state index contributed by atoms with van der Waals surface area (Å²) >= 11 is 0. The van der Waals surface area contributed by atoms with Crippen LogP contribution in [-0.4, -0.2) is 35.0 Å². The zero-order valence-corrected chi connectivity index (χ0v) is 11.5. The van der Waals surface area contributed by atoms with Crippen molar-refractivity contribution in [3.63, 3.8) is 0 Å². The van der Waals surface area contributed by atoms with E-state index in [0.717, 1.165) is 14.5 Å². The van der Waals surface area contributed by atoms with Gasteiger partial charge in [0.1, 0.15) is 6.61 Å². The number of aryl methyl sites for hydroxylation is 1. The lowest BCUT2D eigenvalue weighted by molar-refractivity contribution is 0.292. The number of terminal acetylenes is 1. The zero-order valence-electron chi connectivity index (χ0n) is 12.5. The van der Waals surface area contributed by atoms with Crippen molar-refractivity contribution in [2.24, 2.45) is 7.05 Å². The average molecular weight is 299 g/mol. The molecule has 0 amide bonds. The minimum Gasteiger partial charge on any atom is -0.472 e. The summed E-state index contributed by atoms with van der Waals surface area (Å²) in [7, 11) is 1.48. The van der Waals surface area contributed by atoms with Gasteiger partial charge in [-0.2, -0.15) is 4.68 Å². The monoisotopic (exact) mass is 299 g/mol. The third-order valence-electron chi connectivity index (χ3n) is 2.92. The lowest BCUT2D eigenvalue weighted by Crippen LogP contribution is -2.24.